The summed E-state index contributed by atoms with van der Waals surface area (Å²) in [6.07, 6.45) is -0.201. The number of primary amides is 1. The number of nitrogens with one attached hydrogen (secondary N) is 1. The van der Waals surface area contributed by atoms with E-state index >= 15 is 0 Å². The first kappa shape index (κ1) is 19.0. The topological polar surface area (TPSA) is 98.2 Å². The lowest BCUT2D eigenvalue weighted by molar-refractivity contribution is -0.126. The minimum atomic E-state index is -0.967. The molecule has 2 amide bonds. The molecule has 5 N–H and O–H groups in total. The monoisotopic (exact) mass is 339 g/mol. The number of nitrogens with two attached hydrogens (primary N) is 2. The Morgan fingerprint density at radius 1 is 1.35 bits per heavy atom. The Morgan fingerprint density at radius 2 is 1.95 bits per heavy atom. The van der Waals surface area contributed by atoms with Crippen molar-refractivity contribution in [3.8, 4) is 0 Å². The van der Waals surface area contributed by atoms with Crippen molar-refractivity contribution >= 4 is 47.4 Å². The van der Waals surface area contributed by atoms with Gasteiger partial charge in [0.05, 0.1) is 18.5 Å². The van der Waals surface area contributed by atoms with Gasteiger partial charge in [0.2, 0.25) is 11.8 Å². The summed E-state index contributed by atoms with van der Waals surface area (Å²) in [6.45, 7) is 1.75. The van der Waals surface area contributed by atoms with Crippen molar-refractivity contribution in [2.75, 3.05) is 0 Å². The minimum Gasteiger partial charge on any atom is -0.370 e. The molecule has 112 valence electrons. The van der Waals surface area contributed by atoms with Gasteiger partial charge in [-0.1, -0.05) is 29.3 Å². The van der Waals surface area contributed by atoms with Gasteiger partial charge < -0.3 is 16.8 Å². The summed E-state index contributed by atoms with van der Waals surface area (Å²) < 4.78 is 0. The molecule has 0 bridgehead atoms. The fourth-order valence-electron chi connectivity index (χ4n) is 1.56. The molecule has 0 fully saturated rings. The average molecular weight is 341 g/mol. The normalized spacial score (nSPS) is 13.0. The highest BCUT2D eigenvalue weighted by molar-refractivity contribution is 6.35. The molecule has 5 nitrogen and oxygen atoms in total. The first-order valence-electron chi connectivity index (χ1n) is 5.60. The second-order valence-electron chi connectivity index (χ2n) is 4.17. The van der Waals surface area contributed by atoms with E-state index in [1.807, 2.05) is 0 Å². The van der Waals surface area contributed by atoms with Gasteiger partial charge in [0.1, 0.15) is 0 Å². The Hall–Kier alpha value is -1.01. The van der Waals surface area contributed by atoms with E-state index < -0.39 is 17.9 Å². The smallest absolute Gasteiger partial charge is 0.237 e. The molecule has 8 heteroatoms. The summed E-state index contributed by atoms with van der Waals surface area (Å²) in [6, 6.07) is 3.66. The van der Waals surface area contributed by atoms with Crippen LogP contribution in [-0.4, -0.2) is 17.9 Å². The molecule has 20 heavy (non-hydrogen) atoms. The van der Waals surface area contributed by atoms with E-state index in [4.69, 9.17) is 34.7 Å². The Morgan fingerprint density at radius 3 is 2.45 bits per heavy atom. The van der Waals surface area contributed by atoms with Crippen LogP contribution in [0.2, 0.25) is 10.0 Å². The van der Waals surface area contributed by atoms with Crippen LogP contribution in [0, 0.1) is 0 Å². The lowest BCUT2D eigenvalue weighted by atomic mass is 10.1. The van der Waals surface area contributed by atoms with Gasteiger partial charge >= 0.3 is 0 Å². The molecule has 2 atom stereocenters. The van der Waals surface area contributed by atoms with E-state index in [2.05, 4.69) is 5.32 Å². The third-order valence-corrected chi connectivity index (χ3v) is 3.11. The Balaban J connectivity index is 0.00000361. The first-order chi connectivity index (χ1) is 8.81. The van der Waals surface area contributed by atoms with Crippen LogP contribution in [-0.2, 0) is 9.59 Å². The highest BCUT2D eigenvalue weighted by Gasteiger charge is 2.19. The summed E-state index contributed by atoms with van der Waals surface area (Å²) in [4.78, 5) is 22.4. The molecule has 0 aromatic heterocycles. The molecule has 0 saturated heterocycles. The molecule has 1 aromatic carbocycles. The van der Waals surface area contributed by atoms with Crippen molar-refractivity contribution in [1.82, 2.24) is 5.32 Å². The third kappa shape index (κ3) is 5.54. The summed E-state index contributed by atoms with van der Waals surface area (Å²) >= 11 is 11.8. The molecular formula is C12H16Cl3N3O2. The zero-order valence-electron chi connectivity index (χ0n) is 10.7. The lowest BCUT2D eigenvalue weighted by Crippen LogP contribution is -2.43. The highest BCUT2D eigenvalue weighted by Crippen LogP contribution is 2.26. The average Bonchev–Trinajstić information content (AvgIpc) is 2.27. The molecule has 0 aliphatic rings. The maximum absolute atomic E-state index is 11.7. The van der Waals surface area contributed by atoms with Crippen LogP contribution in [0.15, 0.2) is 18.2 Å². The number of hydrogen-bond donors (Lipinski definition) is 3. The second kappa shape index (κ2) is 8.32. The quantitative estimate of drug-likeness (QED) is 0.762. The zero-order valence-corrected chi connectivity index (χ0v) is 13.1. The van der Waals surface area contributed by atoms with Crippen molar-refractivity contribution < 1.29 is 9.59 Å². The van der Waals surface area contributed by atoms with E-state index in [1.165, 1.54) is 0 Å². The lowest BCUT2D eigenvalue weighted by Gasteiger charge is -2.18. The predicted molar refractivity (Wildman–Crippen MR) is 82.1 cm³/mol. The summed E-state index contributed by atoms with van der Waals surface area (Å²) in [5.74, 6) is -1.09. The van der Waals surface area contributed by atoms with Crippen LogP contribution >= 0.6 is 35.6 Å². The fraction of sp³-hybridized carbons (Fsp3) is 0.333. The molecule has 2 unspecified atom stereocenters. The van der Waals surface area contributed by atoms with Crippen LogP contribution in [0.3, 0.4) is 0 Å². The van der Waals surface area contributed by atoms with E-state index in [0.717, 1.165) is 0 Å². The Bertz CT molecular complexity index is 497. The molecule has 1 rings (SSSR count). The highest BCUT2D eigenvalue weighted by atomic mass is 35.5. The molecule has 0 aliphatic heterocycles. The van der Waals surface area contributed by atoms with Crippen molar-refractivity contribution in [3.05, 3.63) is 33.8 Å². The number of hydrogen-bond acceptors (Lipinski definition) is 3. The molecule has 0 heterocycles. The van der Waals surface area contributed by atoms with Crippen molar-refractivity contribution in [2.45, 2.75) is 25.4 Å². The zero-order chi connectivity index (χ0) is 14.6. The van der Waals surface area contributed by atoms with Gasteiger partial charge in [0, 0.05) is 10.0 Å². The largest absolute Gasteiger partial charge is 0.370 e. The van der Waals surface area contributed by atoms with Crippen LogP contribution < -0.4 is 16.8 Å². The molecular weight excluding hydrogens is 325 g/mol. The van der Waals surface area contributed by atoms with Gasteiger partial charge in [-0.15, -0.1) is 12.4 Å². The van der Waals surface area contributed by atoms with Gasteiger partial charge in [-0.2, -0.15) is 0 Å². The van der Waals surface area contributed by atoms with E-state index in [0.29, 0.717) is 15.6 Å². The number of halogens is 3. The summed E-state index contributed by atoms with van der Waals surface area (Å²) in [5, 5.41) is 3.62. The van der Waals surface area contributed by atoms with Gasteiger partial charge in [-0.3, -0.25) is 9.59 Å². The van der Waals surface area contributed by atoms with Gasteiger partial charge in [0.15, 0.2) is 0 Å². The van der Waals surface area contributed by atoms with Crippen molar-refractivity contribution in [2.24, 2.45) is 11.5 Å². The maximum Gasteiger partial charge on any atom is 0.237 e. The predicted octanol–water partition coefficient (Wildman–Crippen LogP) is 1.80. The first-order valence-corrected chi connectivity index (χ1v) is 6.36. The number of carbonyl (C=O) groups is 2. The van der Waals surface area contributed by atoms with E-state index in [9.17, 15) is 9.59 Å². The van der Waals surface area contributed by atoms with E-state index in [-0.39, 0.29) is 24.9 Å². The Kier molecular flexibility index (Phi) is 7.90. The van der Waals surface area contributed by atoms with Gasteiger partial charge in [-0.05, 0) is 24.6 Å². The maximum atomic E-state index is 11.7. The molecule has 0 spiro atoms. The van der Waals surface area contributed by atoms with Crippen LogP contribution in [0.5, 0.6) is 0 Å². The number of benzene rings is 1. The van der Waals surface area contributed by atoms with Crippen LogP contribution in [0.25, 0.3) is 0 Å². The molecule has 0 saturated carbocycles. The Labute approximate surface area is 133 Å². The number of carbonyl (C=O) groups excluding carboxylic acids is 2. The number of amides is 2. The fourth-order valence-corrected chi connectivity index (χ4v) is 2.13. The summed E-state index contributed by atoms with van der Waals surface area (Å²) in [7, 11) is 0. The molecule has 0 radical (unpaired) electrons. The van der Waals surface area contributed by atoms with Crippen molar-refractivity contribution in [3.63, 3.8) is 0 Å². The third-order valence-electron chi connectivity index (χ3n) is 2.55. The SMILES string of the molecule is CC(NC(=O)C(N)CC(N)=O)c1ccc(Cl)cc1Cl.Cl. The molecule has 1 aromatic rings. The van der Waals surface area contributed by atoms with Crippen molar-refractivity contribution in [1.29, 1.82) is 0 Å². The minimum absolute atomic E-state index is 0. The number of rotatable bonds is 5. The van der Waals surface area contributed by atoms with Gasteiger partial charge in [-0.25, -0.2) is 0 Å². The second-order valence-corrected chi connectivity index (χ2v) is 5.02. The standard InChI is InChI=1S/C12H15Cl2N3O2.ClH/c1-6(8-3-2-7(13)4-9(8)14)17-12(19)10(15)5-11(16)18;/h2-4,6,10H,5,15H2,1H3,(H2,16,18)(H,17,19);1H. The van der Waals surface area contributed by atoms with E-state index in [1.54, 1.807) is 25.1 Å². The van der Waals surface area contributed by atoms with Crippen LogP contribution in [0.1, 0.15) is 24.9 Å². The molecule has 0 aliphatic carbocycles. The summed E-state index contributed by atoms with van der Waals surface area (Å²) in [5.41, 5.74) is 11.2. The van der Waals surface area contributed by atoms with Gasteiger partial charge in [0.25, 0.3) is 0 Å². The van der Waals surface area contributed by atoms with Crippen LogP contribution in [0.4, 0.5) is 0 Å².